The highest BCUT2D eigenvalue weighted by atomic mass is 79.9. The normalized spacial score (nSPS) is 10.3. The number of carbonyl (C=O) groups is 1. The molecule has 1 aromatic heterocycles. The predicted octanol–water partition coefficient (Wildman–Crippen LogP) is 4.83. The van der Waals surface area contributed by atoms with Crippen LogP contribution < -0.4 is 10.6 Å². The zero-order valence-corrected chi connectivity index (χ0v) is 15.4. The topological polar surface area (TPSA) is 54.0 Å². The summed E-state index contributed by atoms with van der Waals surface area (Å²) < 4.78 is 0.949. The molecule has 0 atom stereocenters. The van der Waals surface area contributed by atoms with Gasteiger partial charge in [-0.2, -0.15) is 0 Å². The van der Waals surface area contributed by atoms with Gasteiger partial charge in [0.1, 0.15) is 0 Å². The Labute approximate surface area is 155 Å². The van der Waals surface area contributed by atoms with Gasteiger partial charge in [-0.1, -0.05) is 36.4 Å². The van der Waals surface area contributed by atoms with Gasteiger partial charge in [-0.25, -0.2) is 0 Å². The molecular weight excluding hydrogens is 378 g/mol. The van der Waals surface area contributed by atoms with Crippen LogP contribution in [0.1, 0.15) is 21.5 Å². The van der Waals surface area contributed by atoms with Crippen molar-refractivity contribution in [3.8, 4) is 0 Å². The van der Waals surface area contributed by atoms with Crippen molar-refractivity contribution in [2.45, 2.75) is 13.5 Å². The molecule has 0 spiro atoms. The molecule has 126 valence electrons. The maximum atomic E-state index is 12.4. The van der Waals surface area contributed by atoms with Gasteiger partial charge < -0.3 is 10.6 Å². The van der Waals surface area contributed by atoms with Crippen LogP contribution in [-0.2, 0) is 6.54 Å². The first-order chi connectivity index (χ1) is 12.1. The first-order valence-corrected chi connectivity index (χ1v) is 8.72. The van der Waals surface area contributed by atoms with Crippen molar-refractivity contribution in [1.29, 1.82) is 0 Å². The summed E-state index contributed by atoms with van der Waals surface area (Å²) in [6, 6.07) is 17.6. The number of aryl methyl sites for hydroxylation is 1. The Bertz CT molecular complexity index is 895. The van der Waals surface area contributed by atoms with E-state index in [9.17, 15) is 4.79 Å². The lowest BCUT2D eigenvalue weighted by atomic mass is 10.1. The molecule has 0 radical (unpaired) electrons. The molecule has 3 rings (SSSR count). The van der Waals surface area contributed by atoms with E-state index in [1.165, 1.54) is 0 Å². The monoisotopic (exact) mass is 395 g/mol. The van der Waals surface area contributed by atoms with Gasteiger partial charge in [-0.3, -0.25) is 9.78 Å². The third-order valence-electron chi connectivity index (χ3n) is 3.85. The molecule has 0 saturated heterocycles. The highest BCUT2D eigenvalue weighted by Gasteiger charge is 2.08. The van der Waals surface area contributed by atoms with Gasteiger partial charge in [-0.05, 0) is 52.2 Å². The second-order valence-electron chi connectivity index (χ2n) is 5.68. The van der Waals surface area contributed by atoms with Crippen molar-refractivity contribution in [3.63, 3.8) is 0 Å². The maximum absolute atomic E-state index is 12.4. The van der Waals surface area contributed by atoms with Crippen LogP contribution in [0.25, 0.3) is 0 Å². The summed E-state index contributed by atoms with van der Waals surface area (Å²) in [5, 5.41) is 6.20. The molecule has 0 fully saturated rings. The van der Waals surface area contributed by atoms with E-state index in [0.717, 1.165) is 27.0 Å². The third-order valence-corrected chi connectivity index (χ3v) is 4.55. The van der Waals surface area contributed by atoms with Gasteiger partial charge in [0.05, 0.1) is 23.1 Å². The number of hydrogen-bond acceptors (Lipinski definition) is 3. The van der Waals surface area contributed by atoms with E-state index in [2.05, 4.69) is 31.5 Å². The minimum atomic E-state index is -0.147. The molecule has 2 aromatic carbocycles. The molecule has 0 aliphatic rings. The van der Waals surface area contributed by atoms with Crippen LogP contribution in [0.3, 0.4) is 0 Å². The number of rotatable bonds is 5. The van der Waals surface area contributed by atoms with Gasteiger partial charge in [0, 0.05) is 17.2 Å². The van der Waals surface area contributed by atoms with E-state index >= 15 is 0 Å². The maximum Gasteiger partial charge on any atom is 0.253 e. The van der Waals surface area contributed by atoms with Crippen molar-refractivity contribution >= 4 is 33.2 Å². The number of aromatic nitrogens is 1. The molecule has 0 unspecified atom stereocenters. The number of benzene rings is 2. The molecule has 0 aliphatic heterocycles. The Kier molecular flexibility index (Phi) is 5.46. The van der Waals surface area contributed by atoms with E-state index in [1.54, 1.807) is 18.5 Å². The number of amides is 1. The molecule has 5 heteroatoms. The lowest BCUT2D eigenvalue weighted by Crippen LogP contribution is -2.23. The average molecular weight is 396 g/mol. The Morgan fingerprint density at radius 2 is 1.84 bits per heavy atom. The number of para-hydroxylation sites is 1. The second-order valence-corrected chi connectivity index (χ2v) is 6.53. The minimum absolute atomic E-state index is 0.147. The molecule has 4 nitrogen and oxygen atoms in total. The van der Waals surface area contributed by atoms with Crippen molar-refractivity contribution in [2.24, 2.45) is 0 Å². The van der Waals surface area contributed by atoms with E-state index in [4.69, 9.17) is 0 Å². The van der Waals surface area contributed by atoms with E-state index in [0.29, 0.717) is 12.1 Å². The zero-order valence-electron chi connectivity index (χ0n) is 13.8. The molecule has 25 heavy (non-hydrogen) atoms. The lowest BCUT2D eigenvalue weighted by Gasteiger charge is -2.10. The zero-order chi connectivity index (χ0) is 17.6. The number of nitrogens with zero attached hydrogens (tertiary/aromatic N) is 1. The van der Waals surface area contributed by atoms with Crippen LogP contribution in [-0.4, -0.2) is 10.9 Å². The Balaban J connectivity index is 1.69. The fourth-order valence-electron chi connectivity index (χ4n) is 2.44. The molecule has 2 N–H and O–H groups in total. The first-order valence-electron chi connectivity index (χ1n) is 7.93. The smallest absolute Gasteiger partial charge is 0.253 e. The van der Waals surface area contributed by atoms with Gasteiger partial charge in [0.15, 0.2) is 0 Å². The van der Waals surface area contributed by atoms with E-state index in [1.807, 2.05) is 55.5 Å². The van der Waals surface area contributed by atoms with Gasteiger partial charge in [-0.15, -0.1) is 0 Å². The summed E-state index contributed by atoms with van der Waals surface area (Å²) in [6.07, 6.45) is 3.26. The van der Waals surface area contributed by atoms with Crippen LogP contribution in [0.15, 0.2) is 71.5 Å². The first kappa shape index (κ1) is 17.2. The summed E-state index contributed by atoms with van der Waals surface area (Å²) in [4.78, 5) is 16.6. The molecule has 0 saturated carbocycles. The highest BCUT2D eigenvalue weighted by molar-refractivity contribution is 9.10. The van der Waals surface area contributed by atoms with Crippen LogP contribution in [0.2, 0.25) is 0 Å². The average Bonchev–Trinajstić information content (AvgIpc) is 2.63. The van der Waals surface area contributed by atoms with Crippen LogP contribution in [0, 0.1) is 6.92 Å². The molecular formula is C20H18BrN3O. The predicted molar refractivity (Wildman–Crippen MR) is 104 cm³/mol. The summed E-state index contributed by atoms with van der Waals surface area (Å²) in [6.45, 7) is 2.53. The highest BCUT2D eigenvalue weighted by Crippen LogP contribution is 2.25. The molecule has 0 aliphatic carbocycles. The number of halogens is 1. The number of anilines is 2. The molecule has 0 bridgehead atoms. The Hall–Kier alpha value is -2.66. The molecule has 1 heterocycles. The van der Waals surface area contributed by atoms with E-state index in [-0.39, 0.29) is 5.91 Å². The van der Waals surface area contributed by atoms with Gasteiger partial charge in [0.25, 0.3) is 5.91 Å². The second kappa shape index (κ2) is 7.94. The Morgan fingerprint density at radius 3 is 2.64 bits per heavy atom. The van der Waals surface area contributed by atoms with Gasteiger partial charge >= 0.3 is 0 Å². The van der Waals surface area contributed by atoms with Gasteiger partial charge in [0.2, 0.25) is 0 Å². The quantitative estimate of drug-likeness (QED) is 0.650. The summed E-state index contributed by atoms with van der Waals surface area (Å²) in [5.41, 5.74) is 4.46. The lowest BCUT2D eigenvalue weighted by molar-refractivity contribution is 0.0950. The third kappa shape index (κ3) is 4.45. The minimum Gasteiger partial charge on any atom is -0.353 e. The number of pyridine rings is 1. The number of carbonyl (C=O) groups excluding carboxylic acids is 1. The van der Waals surface area contributed by atoms with Crippen LogP contribution >= 0.6 is 15.9 Å². The van der Waals surface area contributed by atoms with E-state index < -0.39 is 0 Å². The largest absolute Gasteiger partial charge is 0.353 e. The Morgan fingerprint density at radius 1 is 1.08 bits per heavy atom. The SMILES string of the molecule is Cc1ccccc1CNC(=O)c1cncc(Nc2ccccc2Br)c1. The van der Waals surface area contributed by atoms with Crippen molar-refractivity contribution in [3.05, 3.63) is 88.2 Å². The van der Waals surface area contributed by atoms with Crippen molar-refractivity contribution in [2.75, 3.05) is 5.32 Å². The van der Waals surface area contributed by atoms with Crippen LogP contribution in [0.4, 0.5) is 11.4 Å². The fourth-order valence-corrected chi connectivity index (χ4v) is 2.82. The summed E-state index contributed by atoms with van der Waals surface area (Å²) >= 11 is 3.50. The summed E-state index contributed by atoms with van der Waals surface area (Å²) in [5.74, 6) is -0.147. The molecule has 1 amide bonds. The molecule has 3 aromatic rings. The van der Waals surface area contributed by atoms with Crippen molar-refractivity contribution in [1.82, 2.24) is 10.3 Å². The standard InChI is InChI=1S/C20H18BrN3O/c1-14-6-2-3-7-15(14)12-23-20(25)16-10-17(13-22-11-16)24-19-9-5-4-8-18(19)21/h2-11,13,24H,12H2,1H3,(H,23,25). The van der Waals surface area contributed by atoms with Crippen LogP contribution in [0.5, 0.6) is 0 Å². The number of hydrogen-bond donors (Lipinski definition) is 2. The fraction of sp³-hybridized carbons (Fsp3) is 0.100. The summed E-state index contributed by atoms with van der Waals surface area (Å²) in [7, 11) is 0. The van der Waals surface area contributed by atoms with Crippen molar-refractivity contribution < 1.29 is 4.79 Å². The number of nitrogens with one attached hydrogen (secondary N) is 2.